The van der Waals surface area contributed by atoms with E-state index in [0.29, 0.717) is 12.1 Å². The second-order valence-electron chi connectivity index (χ2n) is 5.52. The highest BCUT2D eigenvalue weighted by Gasteiger charge is 2.62. The van der Waals surface area contributed by atoms with Crippen molar-refractivity contribution in [3.05, 3.63) is 47.2 Å². The van der Waals surface area contributed by atoms with Gasteiger partial charge in [-0.15, -0.1) is 11.6 Å². The molecule has 1 nitrogen and oxygen atoms in total. The van der Waals surface area contributed by atoms with E-state index in [1.165, 1.54) is 6.92 Å². The summed E-state index contributed by atoms with van der Waals surface area (Å²) in [6, 6.07) is 1.46. The summed E-state index contributed by atoms with van der Waals surface area (Å²) in [7, 11) is 0. The predicted molar refractivity (Wildman–Crippen MR) is 70.3 cm³/mol. The summed E-state index contributed by atoms with van der Waals surface area (Å²) in [4.78, 5) is -1.04. The minimum atomic E-state index is -4.89. The third kappa shape index (κ3) is 2.91. The summed E-state index contributed by atoms with van der Waals surface area (Å²) < 4.78 is 77.0. The molecule has 3 unspecified atom stereocenters. The molecule has 0 heterocycles. The first-order chi connectivity index (χ1) is 9.76. The summed E-state index contributed by atoms with van der Waals surface area (Å²) in [6.07, 6.45) is -9.77. The van der Waals surface area contributed by atoms with Crippen LogP contribution in [0.2, 0.25) is 0 Å². The monoisotopic (exact) mass is 343 g/mol. The van der Waals surface area contributed by atoms with Gasteiger partial charge >= 0.3 is 12.4 Å². The van der Waals surface area contributed by atoms with E-state index in [1.54, 1.807) is 0 Å². The van der Waals surface area contributed by atoms with Crippen LogP contribution >= 0.6 is 11.6 Å². The summed E-state index contributed by atoms with van der Waals surface area (Å²) in [5.74, 6) is -1.31. The molecular formula is C14H12ClF6N. The molecule has 22 heavy (non-hydrogen) atoms. The van der Waals surface area contributed by atoms with Crippen molar-refractivity contribution in [2.24, 2.45) is 11.7 Å². The fraction of sp³-hybridized carbons (Fsp3) is 0.429. The number of allylic oxidation sites excluding steroid dienone is 1. The molecule has 122 valence electrons. The Hall–Kier alpha value is -1.37. The molecule has 0 radical (unpaired) electrons. The molecule has 0 amide bonds. The highest BCUT2D eigenvalue weighted by atomic mass is 35.5. The molecule has 8 heteroatoms. The Bertz CT molecular complexity index is 584. The molecule has 2 rings (SSSR count). The van der Waals surface area contributed by atoms with Gasteiger partial charge in [-0.2, -0.15) is 26.3 Å². The Morgan fingerprint density at radius 2 is 1.50 bits per heavy atom. The van der Waals surface area contributed by atoms with Crippen LogP contribution in [0.4, 0.5) is 26.3 Å². The molecule has 1 aliphatic rings. The van der Waals surface area contributed by atoms with Gasteiger partial charge in [0, 0.05) is 17.5 Å². The minimum Gasteiger partial charge on any atom is -0.402 e. The Morgan fingerprint density at radius 3 is 1.77 bits per heavy atom. The molecule has 3 atom stereocenters. The van der Waals surface area contributed by atoms with Gasteiger partial charge in [0.25, 0.3) is 0 Å². The van der Waals surface area contributed by atoms with Crippen LogP contribution < -0.4 is 5.73 Å². The van der Waals surface area contributed by atoms with Crippen LogP contribution in [0.3, 0.4) is 0 Å². The van der Waals surface area contributed by atoms with Gasteiger partial charge in [-0.3, -0.25) is 0 Å². The summed E-state index contributed by atoms with van der Waals surface area (Å²) in [6.45, 7) is 4.99. The molecule has 0 bridgehead atoms. The molecule has 0 aromatic heterocycles. The zero-order valence-corrected chi connectivity index (χ0v) is 12.1. The zero-order chi connectivity index (χ0) is 17.1. The predicted octanol–water partition coefficient (Wildman–Crippen LogP) is 4.91. The van der Waals surface area contributed by atoms with Crippen molar-refractivity contribution in [1.29, 1.82) is 0 Å². The molecule has 0 spiro atoms. The number of benzene rings is 1. The van der Waals surface area contributed by atoms with Crippen molar-refractivity contribution in [2.45, 2.75) is 30.1 Å². The Labute approximate surface area is 127 Å². The van der Waals surface area contributed by atoms with E-state index >= 15 is 0 Å². The molecule has 1 saturated carbocycles. The number of hydrogen-bond donors (Lipinski definition) is 1. The molecule has 1 aliphatic carbocycles. The van der Waals surface area contributed by atoms with E-state index in [4.69, 9.17) is 17.3 Å². The number of halogens is 7. The Morgan fingerprint density at radius 1 is 1.09 bits per heavy atom. The van der Waals surface area contributed by atoms with Gasteiger partial charge in [-0.1, -0.05) is 6.58 Å². The lowest BCUT2D eigenvalue weighted by molar-refractivity contribution is -0.143. The first-order valence-corrected chi connectivity index (χ1v) is 6.56. The van der Waals surface area contributed by atoms with Crippen LogP contribution in [0.25, 0.3) is 0 Å². The van der Waals surface area contributed by atoms with Crippen molar-refractivity contribution >= 4 is 11.6 Å². The van der Waals surface area contributed by atoms with Gasteiger partial charge in [-0.25, -0.2) is 0 Å². The van der Waals surface area contributed by atoms with E-state index < -0.39 is 40.2 Å². The van der Waals surface area contributed by atoms with Crippen molar-refractivity contribution in [3.63, 3.8) is 0 Å². The van der Waals surface area contributed by atoms with Crippen molar-refractivity contribution in [1.82, 2.24) is 0 Å². The zero-order valence-electron chi connectivity index (χ0n) is 11.3. The fourth-order valence-corrected chi connectivity index (χ4v) is 3.19. The molecule has 0 saturated heterocycles. The van der Waals surface area contributed by atoms with E-state index in [1.807, 2.05) is 0 Å². The van der Waals surface area contributed by atoms with Crippen LogP contribution in [0.1, 0.15) is 29.5 Å². The van der Waals surface area contributed by atoms with E-state index in [9.17, 15) is 26.3 Å². The van der Waals surface area contributed by atoms with E-state index in [2.05, 4.69) is 6.58 Å². The number of nitrogens with two attached hydrogens (primary N) is 1. The summed E-state index contributed by atoms with van der Waals surface area (Å²) in [5, 5.41) is 0. The van der Waals surface area contributed by atoms with Gasteiger partial charge < -0.3 is 5.73 Å². The maximum Gasteiger partial charge on any atom is 0.416 e. The van der Waals surface area contributed by atoms with Gasteiger partial charge in [-0.05, 0) is 30.7 Å². The number of alkyl halides is 7. The topological polar surface area (TPSA) is 26.0 Å². The number of rotatable bonds is 2. The molecule has 2 N–H and O–H groups in total. The summed E-state index contributed by atoms with van der Waals surface area (Å²) >= 11 is 6.13. The van der Waals surface area contributed by atoms with Crippen LogP contribution in [0.5, 0.6) is 0 Å². The molecule has 1 aromatic carbocycles. The lowest BCUT2D eigenvalue weighted by Gasteiger charge is -2.14. The Balaban J connectivity index is 2.56. The SMILES string of the molecule is C=C(N)C1C(c2cc(C(F)(F)F)cc(C(F)(F)F)c2)C1(C)Cl. The van der Waals surface area contributed by atoms with Crippen LogP contribution in [0.15, 0.2) is 30.5 Å². The van der Waals surface area contributed by atoms with Crippen molar-refractivity contribution in [3.8, 4) is 0 Å². The van der Waals surface area contributed by atoms with Gasteiger partial charge in [0.2, 0.25) is 0 Å². The molecule has 1 fully saturated rings. The average molecular weight is 344 g/mol. The quantitative estimate of drug-likeness (QED) is 0.599. The second-order valence-corrected chi connectivity index (χ2v) is 6.34. The second kappa shape index (κ2) is 4.81. The van der Waals surface area contributed by atoms with Gasteiger partial charge in [0.05, 0.1) is 16.0 Å². The van der Waals surface area contributed by atoms with Crippen LogP contribution in [0, 0.1) is 5.92 Å². The lowest BCUT2D eigenvalue weighted by Crippen LogP contribution is -2.12. The van der Waals surface area contributed by atoms with Crippen molar-refractivity contribution < 1.29 is 26.3 Å². The fourth-order valence-electron chi connectivity index (χ4n) is 2.74. The van der Waals surface area contributed by atoms with Crippen LogP contribution in [-0.4, -0.2) is 4.87 Å². The highest BCUT2D eigenvalue weighted by Crippen LogP contribution is 2.64. The largest absolute Gasteiger partial charge is 0.416 e. The van der Waals surface area contributed by atoms with Gasteiger partial charge in [0.1, 0.15) is 0 Å². The maximum atomic E-state index is 12.8. The average Bonchev–Trinajstić information content (AvgIpc) is 2.89. The van der Waals surface area contributed by atoms with E-state index in [-0.39, 0.29) is 17.3 Å². The third-order valence-electron chi connectivity index (χ3n) is 3.81. The minimum absolute atomic E-state index is 0.0870. The summed E-state index contributed by atoms with van der Waals surface area (Å²) in [5.41, 5.74) is 2.79. The van der Waals surface area contributed by atoms with Crippen LogP contribution in [-0.2, 0) is 12.4 Å². The maximum absolute atomic E-state index is 12.8. The van der Waals surface area contributed by atoms with Gasteiger partial charge in [0.15, 0.2) is 0 Å². The third-order valence-corrected chi connectivity index (χ3v) is 4.28. The molecule has 0 aliphatic heterocycles. The Kier molecular flexibility index (Phi) is 3.72. The lowest BCUT2D eigenvalue weighted by atomic mass is 10.00. The van der Waals surface area contributed by atoms with E-state index in [0.717, 1.165) is 0 Å². The first-order valence-electron chi connectivity index (χ1n) is 6.19. The highest BCUT2D eigenvalue weighted by molar-refractivity contribution is 6.27. The standard InChI is InChI=1S/C14H12ClF6N/c1-6(22)10-11(12(10,2)15)7-3-8(13(16,17)18)5-9(4-7)14(19,20)21/h3-5,10-11H,1,22H2,2H3. The smallest absolute Gasteiger partial charge is 0.402 e. The number of hydrogen-bond acceptors (Lipinski definition) is 1. The molecular weight excluding hydrogens is 332 g/mol. The normalized spacial score (nSPS) is 28.5. The first kappa shape index (κ1) is 17.0. The van der Waals surface area contributed by atoms with Crippen molar-refractivity contribution in [2.75, 3.05) is 0 Å². The molecule has 1 aromatic rings.